The Morgan fingerprint density at radius 1 is 1.35 bits per heavy atom. The molecule has 0 bridgehead atoms. The van der Waals surface area contributed by atoms with Crippen molar-refractivity contribution in [3.8, 4) is 0 Å². The molecule has 20 heavy (non-hydrogen) atoms. The van der Waals surface area contributed by atoms with Gasteiger partial charge < -0.3 is 10.0 Å². The van der Waals surface area contributed by atoms with Crippen LogP contribution >= 0.6 is 0 Å². The first kappa shape index (κ1) is 17.4. The number of rotatable bonds is 6. The summed E-state index contributed by atoms with van der Waals surface area (Å²) < 4.78 is 23.5. The average Bonchev–Trinajstić information content (AvgIpc) is 2.33. The molecule has 1 N–H and O–H groups in total. The Bertz CT molecular complexity index is 425. The Balaban J connectivity index is 2.43. The molecule has 0 aliphatic carbocycles. The molecule has 1 aliphatic heterocycles. The second kappa shape index (κ2) is 6.89. The van der Waals surface area contributed by atoms with E-state index in [1.54, 1.807) is 20.8 Å². The third kappa shape index (κ3) is 5.40. The van der Waals surface area contributed by atoms with Crippen LogP contribution in [0.5, 0.6) is 0 Å². The second-order valence-corrected chi connectivity index (χ2v) is 9.54. The van der Waals surface area contributed by atoms with Crippen molar-refractivity contribution >= 4 is 15.8 Å². The van der Waals surface area contributed by atoms with E-state index in [9.17, 15) is 13.2 Å². The standard InChI is InChI=1S/C14H27NO4S/c1-14(2,3)20(18,19)10-9-15-8-4-5-12(11-15)6-7-13(16)17/h12H,4-11H2,1-3H3,(H,16,17). The van der Waals surface area contributed by atoms with Crippen molar-refractivity contribution in [2.24, 2.45) is 5.92 Å². The van der Waals surface area contributed by atoms with Crippen LogP contribution in [-0.4, -0.2) is 54.5 Å². The fourth-order valence-corrected chi connectivity index (χ4v) is 3.58. The van der Waals surface area contributed by atoms with Crippen molar-refractivity contribution in [3.63, 3.8) is 0 Å². The van der Waals surface area contributed by atoms with Crippen LogP contribution in [0.1, 0.15) is 46.5 Å². The molecular formula is C14H27NO4S. The lowest BCUT2D eigenvalue weighted by molar-refractivity contribution is -0.137. The highest BCUT2D eigenvalue weighted by molar-refractivity contribution is 7.92. The van der Waals surface area contributed by atoms with Gasteiger partial charge in [0.05, 0.1) is 10.5 Å². The molecule has 0 radical (unpaired) electrons. The highest BCUT2D eigenvalue weighted by Crippen LogP contribution is 2.22. The molecule has 1 aliphatic rings. The van der Waals surface area contributed by atoms with Gasteiger partial charge in [0, 0.05) is 19.5 Å². The quantitative estimate of drug-likeness (QED) is 0.809. The van der Waals surface area contributed by atoms with Gasteiger partial charge in [0.2, 0.25) is 0 Å². The van der Waals surface area contributed by atoms with Crippen molar-refractivity contribution in [1.82, 2.24) is 4.90 Å². The number of hydrogen-bond donors (Lipinski definition) is 1. The van der Waals surface area contributed by atoms with Gasteiger partial charge >= 0.3 is 5.97 Å². The van der Waals surface area contributed by atoms with Gasteiger partial charge in [0.15, 0.2) is 9.84 Å². The number of aliphatic carboxylic acids is 1. The molecule has 1 fully saturated rings. The average molecular weight is 305 g/mol. The molecule has 0 aromatic heterocycles. The Kier molecular flexibility index (Phi) is 6.01. The van der Waals surface area contributed by atoms with Crippen LogP contribution in [0.3, 0.4) is 0 Å². The number of carbonyl (C=O) groups is 1. The topological polar surface area (TPSA) is 74.7 Å². The smallest absolute Gasteiger partial charge is 0.303 e. The third-order valence-electron chi connectivity index (χ3n) is 3.98. The molecule has 0 aromatic rings. The van der Waals surface area contributed by atoms with Gasteiger partial charge in [-0.05, 0) is 52.5 Å². The van der Waals surface area contributed by atoms with E-state index >= 15 is 0 Å². The van der Waals surface area contributed by atoms with E-state index in [-0.39, 0.29) is 12.2 Å². The molecule has 0 saturated carbocycles. The highest BCUT2D eigenvalue weighted by Gasteiger charge is 2.30. The highest BCUT2D eigenvalue weighted by atomic mass is 32.2. The Morgan fingerprint density at radius 3 is 2.55 bits per heavy atom. The van der Waals surface area contributed by atoms with E-state index in [4.69, 9.17) is 5.11 Å². The molecule has 0 aromatic carbocycles. The molecule has 0 amide bonds. The van der Waals surface area contributed by atoms with Gasteiger partial charge in [-0.25, -0.2) is 8.42 Å². The minimum atomic E-state index is -3.08. The summed E-state index contributed by atoms with van der Waals surface area (Å²) in [5.41, 5.74) is 0. The van der Waals surface area contributed by atoms with Crippen molar-refractivity contribution in [2.75, 3.05) is 25.4 Å². The molecule has 118 valence electrons. The minimum Gasteiger partial charge on any atom is -0.481 e. The van der Waals surface area contributed by atoms with Gasteiger partial charge in [-0.2, -0.15) is 0 Å². The second-order valence-electron chi connectivity index (χ2n) is 6.67. The minimum absolute atomic E-state index is 0.183. The number of carboxylic acid groups (broad SMARTS) is 1. The zero-order chi connectivity index (χ0) is 15.4. The van der Waals surface area contributed by atoms with Crippen LogP contribution in [0.25, 0.3) is 0 Å². The van der Waals surface area contributed by atoms with Gasteiger partial charge in [-0.3, -0.25) is 4.79 Å². The van der Waals surface area contributed by atoms with Crippen LogP contribution in [0.4, 0.5) is 0 Å². The summed E-state index contributed by atoms with van der Waals surface area (Å²) in [7, 11) is -3.08. The lowest BCUT2D eigenvalue weighted by Crippen LogP contribution is -2.41. The fraction of sp³-hybridized carbons (Fsp3) is 0.929. The van der Waals surface area contributed by atoms with Crippen LogP contribution in [0, 0.1) is 5.92 Å². The number of likely N-dealkylation sites (tertiary alicyclic amines) is 1. The number of sulfone groups is 1. The van der Waals surface area contributed by atoms with E-state index in [1.807, 2.05) is 0 Å². The maximum absolute atomic E-state index is 12.1. The molecule has 1 rings (SSSR count). The number of hydrogen-bond acceptors (Lipinski definition) is 4. The monoisotopic (exact) mass is 305 g/mol. The molecule has 1 heterocycles. The normalized spacial score (nSPS) is 21.9. The SMILES string of the molecule is CC(C)(C)S(=O)(=O)CCN1CCCC(CCC(=O)O)C1. The van der Waals surface area contributed by atoms with Gasteiger partial charge in [-0.1, -0.05) is 0 Å². The summed E-state index contributed by atoms with van der Waals surface area (Å²) in [6.07, 6.45) is 2.98. The van der Waals surface area contributed by atoms with Crippen molar-refractivity contribution in [1.29, 1.82) is 0 Å². The first-order valence-electron chi connectivity index (χ1n) is 7.28. The predicted octanol–water partition coefficient (Wildman–Crippen LogP) is 1.78. The Hall–Kier alpha value is -0.620. The molecule has 0 spiro atoms. The predicted molar refractivity (Wildman–Crippen MR) is 79.6 cm³/mol. The molecule has 1 unspecified atom stereocenters. The van der Waals surface area contributed by atoms with Crippen LogP contribution in [-0.2, 0) is 14.6 Å². The van der Waals surface area contributed by atoms with Crippen LogP contribution in [0.15, 0.2) is 0 Å². The van der Waals surface area contributed by atoms with Crippen LogP contribution in [0.2, 0.25) is 0 Å². The summed E-state index contributed by atoms with van der Waals surface area (Å²) >= 11 is 0. The first-order valence-corrected chi connectivity index (χ1v) is 8.93. The Morgan fingerprint density at radius 2 is 2.00 bits per heavy atom. The summed E-state index contributed by atoms with van der Waals surface area (Å²) in [6, 6.07) is 0. The molecule has 6 heteroatoms. The Labute approximate surface area is 122 Å². The van der Waals surface area contributed by atoms with Crippen molar-refractivity contribution in [3.05, 3.63) is 0 Å². The van der Waals surface area contributed by atoms with Gasteiger partial charge in [0.25, 0.3) is 0 Å². The lowest BCUT2D eigenvalue weighted by atomic mass is 9.93. The number of piperidine rings is 1. The first-order chi connectivity index (χ1) is 9.12. The zero-order valence-electron chi connectivity index (χ0n) is 12.8. The molecule has 5 nitrogen and oxygen atoms in total. The van der Waals surface area contributed by atoms with Crippen molar-refractivity contribution in [2.45, 2.75) is 51.2 Å². The van der Waals surface area contributed by atoms with Gasteiger partial charge in [-0.15, -0.1) is 0 Å². The van der Waals surface area contributed by atoms with E-state index < -0.39 is 20.6 Å². The van der Waals surface area contributed by atoms with Crippen LogP contribution < -0.4 is 0 Å². The summed E-state index contributed by atoms with van der Waals surface area (Å²) in [5.74, 6) is -0.183. The summed E-state index contributed by atoms with van der Waals surface area (Å²) in [6.45, 7) is 7.50. The summed E-state index contributed by atoms with van der Waals surface area (Å²) in [5, 5.41) is 8.72. The van der Waals surface area contributed by atoms with E-state index in [0.29, 0.717) is 18.9 Å². The van der Waals surface area contributed by atoms with E-state index in [2.05, 4.69) is 4.90 Å². The van der Waals surface area contributed by atoms with E-state index in [1.165, 1.54) is 0 Å². The lowest BCUT2D eigenvalue weighted by Gasteiger charge is -2.33. The number of nitrogens with zero attached hydrogens (tertiary/aromatic N) is 1. The molecule has 1 atom stereocenters. The maximum Gasteiger partial charge on any atom is 0.303 e. The van der Waals surface area contributed by atoms with E-state index in [0.717, 1.165) is 25.9 Å². The maximum atomic E-state index is 12.1. The van der Waals surface area contributed by atoms with Crippen molar-refractivity contribution < 1.29 is 18.3 Å². The zero-order valence-corrected chi connectivity index (χ0v) is 13.6. The number of carboxylic acids is 1. The molecule has 1 saturated heterocycles. The summed E-state index contributed by atoms with van der Waals surface area (Å²) in [4.78, 5) is 12.8. The fourth-order valence-electron chi connectivity index (χ4n) is 2.47. The largest absolute Gasteiger partial charge is 0.481 e. The third-order valence-corrected chi connectivity index (χ3v) is 6.56. The molecular weight excluding hydrogens is 278 g/mol. The van der Waals surface area contributed by atoms with Gasteiger partial charge in [0.1, 0.15) is 0 Å².